The van der Waals surface area contributed by atoms with Gasteiger partial charge < -0.3 is 5.32 Å². The van der Waals surface area contributed by atoms with Crippen molar-refractivity contribution < 1.29 is 0 Å². The third-order valence-corrected chi connectivity index (χ3v) is 2.85. The molecule has 0 saturated heterocycles. The standard InChI is InChI=1S/C11H25N/c1-8-11(5,6)9(12-7)10(2,3)4/h9,12H,8H2,1-7H3. The number of hydrogen-bond donors (Lipinski definition) is 1. The molecule has 0 heterocycles. The van der Waals surface area contributed by atoms with Crippen molar-refractivity contribution in [3.8, 4) is 0 Å². The van der Waals surface area contributed by atoms with Crippen LogP contribution in [0.2, 0.25) is 0 Å². The lowest BCUT2D eigenvalue weighted by atomic mass is 9.70. The Bertz CT molecular complexity index is 130. The van der Waals surface area contributed by atoms with Crippen molar-refractivity contribution in [2.45, 2.75) is 54.0 Å². The summed E-state index contributed by atoms with van der Waals surface area (Å²) in [6, 6.07) is 0.579. The van der Waals surface area contributed by atoms with Gasteiger partial charge in [-0.1, -0.05) is 41.5 Å². The van der Waals surface area contributed by atoms with E-state index in [4.69, 9.17) is 0 Å². The molecule has 12 heavy (non-hydrogen) atoms. The second kappa shape index (κ2) is 3.78. The molecule has 0 radical (unpaired) electrons. The lowest BCUT2D eigenvalue weighted by molar-refractivity contribution is 0.128. The van der Waals surface area contributed by atoms with Gasteiger partial charge in [-0.15, -0.1) is 0 Å². The van der Waals surface area contributed by atoms with Gasteiger partial charge in [0.05, 0.1) is 0 Å². The minimum atomic E-state index is 0.342. The van der Waals surface area contributed by atoms with Crippen LogP contribution in [0.3, 0.4) is 0 Å². The van der Waals surface area contributed by atoms with Crippen LogP contribution in [0, 0.1) is 10.8 Å². The zero-order chi connectivity index (χ0) is 9.99. The highest BCUT2D eigenvalue weighted by molar-refractivity contribution is 4.90. The second-order valence-corrected chi connectivity index (χ2v) is 5.43. The van der Waals surface area contributed by atoms with Gasteiger partial charge in [0.15, 0.2) is 0 Å². The molecular weight excluding hydrogens is 146 g/mol. The molecule has 1 heteroatoms. The maximum Gasteiger partial charge on any atom is 0.0164 e. The number of hydrogen-bond acceptors (Lipinski definition) is 1. The Morgan fingerprint density at radius 2 is 1.50 bits per heavy atom. The van der Waals surface area contributed by atoms with Crippen molar-refractivity contribution >= 4 is 0 Å². The van der Waals surface area contributed by atoms with Crippen LogP contribution in [0.4, 0.5) is 0 Å². The fourth-order valence-corrected chi connectivity index (χ4v) is 2.20. The predicted octanol–water partition coefficient (Wildman–Crippen LogP) is 3.06. The predicted molar refractivity (Wildman–Crippen MR) is 56.4 cm³/mol. The SMILES string of the molecule is CCC(C)(C)C(NC)C(C)(C)C. The fraction of sp³-hybridized carbons (Fsp3) is 1.00. The molecule has 1 N–H and O–H groups in total. The van der Waals surface area contributed by atoms with Gasteiger partial charge in [-0.3, -0.25) is 0 Å². The molecule has 0 saturated carbocycles. The lowest BCUT2D eigenvalue weighted by Gasteiger charge is -2.42. The Morgan fingerprint density at radius 1 is 1.08 bits per heavy atom. The molecule has 74 valence electrons. The summed E-state index contributed by atoms with van der Waals surface area (Å²) in [5.74, 6) is 0. The smallest absolute Gasteiger partial charge is 0.0164 e. The van der Waals surface area contributed by atoms with E-state index in [1.54, 1.807) is 0 Å². The highest BCUT2D eigenvalue weighted by Gasteiger charge is 2.35. The van der Waals surface area contributed by atoms with Crippen molar-refractivity contribution in [3.05, 3.63) is 0 Å². The summed E-state index contributed by atoms with van der Waals surface area (Å²) in [7, 11) is 2.06. The Hall–Kier alpha value is -0.0400. The minimum absolute atomic E-state index is 0.342. The summed E-state index contributed by atoms with van der Waals surface area (Å²) in [4.78, 5) is 0. The summed E-state index contributed by atoms with van der Waals surface area (Å²) in [6.45, 7) is 13.8. The Kier molecular flexibility index (Phi) is 3.77. The first-order valence-corrected chi connectivity index (χ1v) is 4.93. The van der Waals surface area contributed by atoms with E-state index in [0.717, 1.165) is 0 Å². The van der Waals surface area contributed by atoms with Gasteiger partial charge in [0.1, 0.15) is 0 Å². The average Bonchev–Trinajstić information content (AvgIpc) is 1.85. The van der Waals surface area contributed by atoms with E-state index in [0.29, 0.717) is 16.9 Å². The summed E-state index contributed by atoms with van der Waals surface area (Å²) >= 11 is 0. The van der Waals surface area contributed by atoms with Gasteiger partial charge in [0, 0.05) is 6.04 Å². The monoisotopic (exact) mass is 171 g/mol. The van der Waals surface area contributed by atoms with Crippen LogP contribution in [-0.2, 0) is 0 Å². The first-order valence-electron chi connectivity index (χ1n) is 4.93. The van der Waals surface area contributed by atoms with E-state index in [1.807, 2.05) is 0 Å². The first-order chi connectivity index (χ1) is 5.25. The molecular formula is C11H25N. The van der Waals surface area contributed by atoms with Gasteiger partial charge in [-0.25, -0.2) is 0 Å². The van der Waals surface area contributed by atoms with Gasteiger partial charge in [-0.2, -0.15) is 0 Å². The summed E-state index contributed by atoms with van der Waals surface area (Å²) in [5, 5.41) is 3.43. The highest BCUT2D eigenvalue weighted by atomic mass is 14.9. The molecule has 0 rings (SSSR count). The Morgan fingerprint density at radius 3 is 1.58 bits per heavy atom. The molecule has 0 aliphatic carbocycles. The number of rotatable bonds is 3. The summed E-state index contributed by atoms with van der Waals surface area (Å²) in [6.07, 6.45) is 1.22. The largest absolute Gasteiger partial charge is 0.316 e. The van der Waals surface area contributed by atoms with E-state index < -0.39 is 0 Å². The molecule has 0 aromatic heterocycles. The van der Waals surface area contributed by atoms with Crippen LogP contribution in [-0.4, -0.2) is 13.1 Å². The molecule has 0 amide bonds. The molecule has 1 unspecified atom stereocenters. The average molecular weight is 171 g/mol. The van der Waals surface area contributed by atoms with E-state index in [1.165, 1.54) is 6.42 Å². The minimum Gasteiger partial charge on any atom is -0.316 e. The van der Waals surface area contributed by atoms with Crippen molar-refractivity contribution in [1.82, 2.24) is 5.32 Å². The zero-order valence-corrected chi connectivity index (χ0v) is 9.78. The van der Waals surface area contributed by atoms with E-state index in [-0.39, 0.29) is 0 Å². The van der Waals surface area contributed by atoms with Crippen LogP contribution < -0.4 is 5.32 Å². The molecule has 0 bridgehead atoms. The molecule has 0 spiro atoms. The van der Waals surface area contributed by atoms with Gasteiger partial charge >= 0.3 is 0 Å². The van der Waals surface area contributed by atoms with Crippen LogP contribution >= 0.6 is 0 Å². The van der Waals surface area contributed by atoms with Crippen LogP contribution in [0.25, 0.3) is 0 Å². The van der Waals surface area contributed by atoms with Crippen LogP contribution in [0.1, 0.15) is 48.0 Å². The van der Waals surface area contributed by atoms with Crippen LogP contribution in [0.5, 0.6) is 0 Å². The molecule has 1 atom stereocenters. The van der Waals surface area contributed by atoms with Gasteiger partial charge in [0.25, 0.3) is 0 Å². The molecule has 0 aromatic rings. The fourth-order valence-electron chi connectivity index (χ4n) is 2.20. The normalized spacial score (nSPS) is 16.2. The van der Waals surface area contributed by atoms with Gasteiger partial charge in [0.2, 0.25) is 0 Å². The van der Waals surface area contributed by atoms with Gasteiger partial charge in [-0.05, 0) is 24.3 Å². The lowest BCUT2D eigenvalue weighted by Crippen LogP contribution is -2.48. The molecule has 0 fully saturated rings. The highest BCUT2D eigenvalue weighted by Crippen LogP contribution is 2.35. The molecule has 0 aromatic carbocycles. The summed E-state index contributed by atoms with van der Waals surface area (Å²) < 4.78 is 0. The Balaban J connectivity index is 4.56. The third-order valence-electron chi connectivity index (χ3n) is 2.85. The second-order valence-electron chi connectivity index (χ2n) is 5.43. The van der Waals surface area contributed by atoms with Crippen LogP contribution in [0.15, 0.2) is 0 Å². The van der Waals surface area contributed by atoms with Crippen molar-refractivity contribution in [2.24, 2.45) is 10.8 Å². The topological polar surface area (TPSA) is 12.0 Å². The first kappa shape index (κ1) is 12.0. The molecule has 0 aliphatic heterocycles. The zero-order valence-electron chi connectivity index (χ0n) is 9.78. The quantitative estimate of drug-likeness (QED) is 0.688. The molecule has 0 aliphatic rings. The van der Waals surface area contributed by atoms with Crippen molar-refractivity contribution in [3.63, 3.8) is 0 Å². The van der Waals surface area contributed by atoms with E-state index >= 15 is 0 Å². The van der Waals surface area contributed by atoms with E-state index in [9.17, 15) is 0 Å². The summed E-state index contributed by atoms with van der Waals surface area (Å²) in [5.41, 5.74) is 0.723. The maximum absolute atomic E-state index is 3.43. The molecule has 1 nitrogen and oxygen atoms in total. The maximum atomic E-state index is 3.43. The Labute approximate surface area is 77.9 Å². The van der Waals surface area contributed by atoms with Crippen molar-refractivity contribution in [1.29, 1.82) is 0 Å². The van der Waals surface area contributed by atoms with E-state index in [2.05, 4.69) is 53.9 Å². The van der Waals surface area contributed by atoms with Crippen molar-refractivity contribution in [2.75, 3.05) is 7.05 Å². The third kappa shape index (κ3) is 2.78. The number of nitrogens with one attached hydrogen (secondary N) is 1.